The number of morpholine rings is 1. The van der Waals surface area contributed by atoms with Crippen molar-refractivity contribution in [2.75, 3.05) is 46.5 Å². The van der Waals surface area contributed by atoms with Crippen molar-refractivity contribution >= 4 is 0 Å². The molecule has 1 aliphatic heterocycles. The average molecular weight is 294 g/mol. The summed E-state index contributed by atoms with van der Waals surface area (Å²) in [7, 11) is 1.65. The van der Waals surface area contributed by atoms with Gasteiger partial charge in [-0.3, -0.25) is 4.90 Å². The number of ether oxygens (including phenoxy) is 3. The number of methoxy groups -OCH3 is 1. The first-order chi connectivity index (χ1) is 10.3. The molecular formula is C16H26N2O3. The first-order valence-corrected chi connectivity index (χ1v) is 7.60. The Morgan fingerprint density at radius 3 is 2.95 bits per heavy atom. The zero-order chi connectivity index (χ0) is 15.1. The summed E-state index contributed by atoms with van der Waals surface area (Å²) in [5.74, 6) is 1.51. The molecule has 0 aliphatic carbocycles. The van der Waals surface area contributed by atoms with Crippen LogP contribution in [-0.2, 0) is 11.2 Å². The largest absolute Gasteiger partial charge is 0.493 e. The maximum absolute atomic E-state index is 5.93. The van der Waals surface area contributed by atoms with Crippen LogP contribution >= 0.6 is 0 Å². The molecule has 0 aromatic heterocycles. The Kier molecular flexibility index (Phi) is 6.29. The molecule has 2 rings (SSSR count). The fourth-order valence-corrected chi connectivity index (χ4v) is 2.51. The molecule has 1 unspecified atom stereocenters. The van der Waals surface area contributed by atoms with Gasteiger partial charge in [-0.15, -0.1) is 0 Å². The minimum atomic E-state index is 0.113. The Morgan fingerprint density at radius 1 is 1.38 bits per heavy atom. The number of nitrogens with zero attached hydrogens (tertiary/aromatic N) is 1. The minimum Gasteiger partial charge on any atom is -0.493 e. The molecule has 2 N–H and O–H groups in total. The second-order valence-corrected chi connectivity index (χ2v) is 5.22. The fraction of sp³-hybridized carbons (Fsp3) is 0.625. The zero-order valence-electron chi connectivity index (χ0n) is 13.0. The molecule has 1 saturated heterocycles. The Balaban J connectivity index is 1.96. The molecule has 118 valence electrons. The molecule has 5 heteroatoms. The molecule has 21 heavy (non-hydrogen) atoms. The molecule has 5 nitrogen and oxygen atoms in total. The standard InChI is InChI=1S/C16H26N2O3/c1-3-18-8-9-20-14(11-18)12-21-16-10-13(6-7-17)4-5-15(16)19-2/h4-5,10,14H,3,6-9,11-12,17H2,1-2H3. The van der Waals surface area contributed by atoms with E-state index >= 15 is 0 Å². The summed E-state index contributed by atoms with van der Waals surface area (Å²) in [4.78, 5) is 2.37. The van der Waals surface area contributed by atoms with Crippen LogP contribution in [0.5, 0.6) is 11.5 Å². The molecule has 1 aromatic rings. The number of rotatable bonds is 7. The number of hydrogen-bond acceptors (Lipinski definition) is 5. The number of hydrogen-bond donors (Lipinski definition) is 1. The first-order valence-electron chi connectivity index (χ1n) is 7.60. The highest BCUT2D eigenvalue weighted by molar-refractivity contribution is 5.43. The quantitative estimate of drug-likeness (QED) is 0.821. The van der Waals surface area contributed by atoms with E-state index < -0.39 is 0 Å². The van der Waals surface area contributed by atoms with Crippen molar-refractivity contribution < 1.29 is 14.2 Å². The summed E-state index contributed by atoms with van der Waals surface area (Å²) in [6, 6.07) is 5.96. The predicted molar refractivity (Wildman–Crippen MR) is 83.1 cm³/mol. The molecular weight excluding hydrogens is 268 g/mol. The van der Waals surface area contributed by atoms with E-state index in [1.165, 1.54) is 0 Å². The summed E-state index contributed by atoms with van der Waals surface area (Å²) < 4.78 is 17.0. The fourth-order valence-electron chi connectivity index (χ4n) is 2.51. The summed E-state index contributed by atoms with van der Waals surface area (Å²) in [5, 5.41) is 0. The van der Waals surface area contributed by atoms with Crippen LogP contribution in [0, 0.1) is 0 Å². The molecule has 1 atom stereocenters. The van der Waals surface area contributed by atoms with Gasteiger partial charge in [-0.2, -0.15) is 0 Å². The molecule has 0 amide bonds. The third-order valence-electron chi connectivity index (χ3n) is 3.76. The summed E-state index contributed by atoms with van der Waals surface area (Å²) in [6.07, 6.45) is 0.950. The van der Waals surface area contributed by atoms with Crippen LogP contribution in [0.2, 0.25) is 0 Å². The number of nitrogens with two attached hydrogens (primary N) is 1. The molecule has 1 heterocycles. The Bertz CT molecular complexity index is 440. The van der Waals surface area contributed by atoms with E-state index in [0.29, 0.717) is 13.2 Å². The highest BCUT2D eigenvalue weighted by atomic mass is 16.5. The van der Waals surface area contributed by atoms with Gasteiger partial charge >= 0.3 is 0 Å². The van der Waals surface area contributed by atoms with Gasteiger partial charge in [-0.05, 0) is 37.2 Å². The second kappa shape index (κ2) is 8.22. The van der Waals surface area contributed by atoms with Crippen LogP contribution in [0.25, 0.3) is 0 Å². The Hall–Kier alpha value is -1.30. The van der Waals surface area contributed by atoms with Crippen LogP contribution in [0.1, 0.15) is 12.5 Å². The summed E-state index contributed by atoms with van der Waals surface area (Å²) >= 11 is 0. The van der Waals surface area contributed by atoms with Crippen molar-refractivity contribution in [3.8, 4) is 11.5 Å². The SMILES string of the molecule is CCN1CCOC(COc2cc(CCN)ccc2OC)C1. The van der Waals surface area contributed by atoms with Gasteiger partial charge in [0.25, 0.3) is 0 Å². The van der Waals surface area contributed by atoms with Crippen molar-refractivity contribution in [3.63, 3.8) is 0 Å². The minimum absolute atomic E-state index is 0.113. The normalized spacial score (nSPS) is 19.5. The van der Waals surface area contributed by atoms with E-state index in [2.05, 4.69) is 11.8 Å². The maximum Gasteiger partial charge on any atom is 0.161 e. The van der Waals surface area contributed by atoms with Crippen LogP contribution in [-0.4, -0.2) is 57.5 Å². The summed E-state index contributed by atoms with van der Waals surface area (Å²) in [5.41, 5.74) is 6.77. The van der Waals surface area contributed by atoms with Gasteiger partial charge in [0.1, 0.15) is 12.7 Å². The van der Waals surface area contributed by atoms with Gasteiger partial charge in [0, 0.05) is 13.1 Å². The molecule has 0 spiro atoms. The lowest BCUT2D eigenvalue weighted by Gasteiger charge is -2.32. The van der Waals surface area contributed by atoms with Crippen molar-refractivity contribution in [2.45, 2.75) is 19.4 Å². The van der Waals surface area contributed by atoms with Crippen molar-refractivity contribution in [2.24, 2.45) is 5.73 Å². The van der Waals surface area contributed by atoms with Gasteiger partial charge in [0.05, 0.1) is 13.7 Å². The molecule has 1 aromatic carbocycles. The Labute approximate surface area is 127 Å². The van der Waals surface area contributed by atoms with E-state index in [9.17, 15) is 0 Å². The highest BCUT2D eigenvalue weighted by Crippen LogP contribution is 2.28. The van der Waals surface area contributed by atoms with Gasteiger partial charge in [-0.1, -0.05) is 13.0 Å². The van der Waals surface area contributed by atoms with Crippen LogP contribution < -0.4 is 15.2 Å². The van der Waals surface area contributed by atoms with Crippen molar-refractivity contribution in [1.82, 2.24) is 4.90 Å². The van der Waals surface area contributed by atoms with Crippen LogP contribution in [0.3, 0.4) is 0 Å². The number of benzene rings is 1. The van der Waals surface area contributed by atoms with E-state index in [4.69, 9.17) is 19.9 Å². The predicted octanol–water partition coefficient (Wildman–Crippen LogP) is 1.30. The van der Waals surface area contributed by atoms with E-state index in [1.54, 1.807) is 7.11 Å². The molecule has 0 saturated carbocycles. The van der Waals surface area contributed by atoms with Gasteiger partial charge in [0.15, 0.2) is 11.5 Å². The topological polar surface area (TPSA) is 57.0 Å². The van der Waals surface area contributed by atoms with Gasteiger partial charge < -0.3 is 19.9 Å². The van der Waals surface area contributed by atoms with Crippen LogP contribution in [0.15, 0.2) is 18.2 Å². The average Bonchev–Trinajstić information content (AvgIpc) is 2.53. The van der Waals surface area contributed by atoms with Crippen molar-refractivity contribution in [3.05, 3.63) is 23.8 Å². The van der Waals surface area contributed by atoms with E-state index in [-0.39, 0.29) is 6.10 Å². The maximum atomic E-state index is 5.93. The van der Waals surface area contributed by atoms with E-state index in [1.807, 2.05) is 18.2 Å². The van der Waals surface area contributed by atoms with Crippen molar-refractivity contribution in [1.29, 1.82) is 0 Å². The van der Waals surface area contributed by atoms with Crippen LogP contribution in [0.4, 0.5) is 0 Å². The molecule has 1 aliphatic rings. The monoisotopic (exact) mass is 294 g/mol. The molecule has 0 radical (unpaired) electrons. The van der Waals surface area contributed by atoms with Gasteiger partial charge in [0.2, 0.25) is 0 Å². The first kappa shape index (κ1) is 16.1. The van der Waals surface area contributed by atoms with E-state index in [0.717, 1.165) is 49.7 Å². The smallest absolute Gasteiger partial charge is 0.161 e. The highest BCUT2D eigenvalue weighted by Gasteiger charge is 2.20. The lowest BCUT2D eigenvalue weighted by molar-refractivity contribution is -0.0466. The zero-order valence-corrected chi connectivity index (χ0v) is 13.0. The molecule has 0 bridgehead atoms. The third kappa shape index (κ3) is 4.59. The van der Waals surface area contributed by atoms with Gasteiger partial charge in [-0.25, -0.2) is 0 Å². The Morgan fingerprint density at radius 2 is 2.24 bits per heavy atom. The third-order valence-corrected chi connectivity index (χ3v) is 3.76. The second-order valence-electron chi connectivity index (χ2n) is 5.22. The summed E-state index contributed by atoms with van der Waals surface area (Å²) in [6.45, 7) is 7.08. The lowest BCUT2D eigenvalue weighted by Crippen LogP contribution is -2.44. The molecule has 1 fully saturated rings. The lowest BCUT2D eigenvalue weighted by atomic mass is 10.1. The number of likely N-dealkylation sites (N-methyl/N-ethyl adjacent to an activating group) is 1.